The van der Waals surface area contributed by atoms with Crippen LogP contribution in [0.3, 0.4) is 0 Å². The Bertz CT molecular complexity index is 591. The smallest absolute Gasteiger partial charge is 0.373 e. The summed E-state index contributed by atoms with van der Waals surface area (Å²) in [6.45, 7) is 4.76. The average molecular weight is 294 g/mol. The van der Waals surface area contributed by atoms with Crippen LogP contribution in [-0.2, 0) is 11.3 Å². The highest BCUT2D eigenvalue weighted by Crippen LogP contribution is 2.23. The summed E-state index contributed by atoms with van der Waals surface area (Å²) in [6.07, 6.45) is 0. The Morgan fingerprint density at radius 1 is 1.55 bits per heavy atom. The Morgan fingerprint density at radius 3 is 2.90 bits per heavy atom. The second-order valence-corrected chi connectivity index (χ2v) is 5.70. The lowest BCUT2D eigenvalue weighted by atomic mass is 10.2. The summed E-state index contributed by atoms with van der Waals surface area (Å²) in [5, 5.41) is 3.12. The zero-order valence-electron chi connectivity index (χ0n) is 12.0. The van der Waals surface area contributed by atoms with Crippen LogP contribution in [-0.4, -0.2) is 30.0 Å². The van der Waals surface area contributed by atoms with Gasteiger partial charge in [0.05, 0.1) is 23.9 Å². The van der Waals surface area contributed by atoms with Crippen LogP contribution in [0.25, 0.3) is 0 Å². The van der Waals surface area contributed by atoms with E-state index in [1.165, 1.54) is 7.11 Å². The molecule has 20 heavy (non-hydrogen) atoms. The number of methoxy groups -OCH3 is 1. The average Bonchev–Trinajstić information content (AvgIpc) is 3.06. The second kappa shape index (κ2) is 6.19. The molecule has 0 spiro atoms. The molecule has 1 unspecified atom stereocenters. The van der Waals surface area contributed by atoms with E-state index in [0.717, 1.165) is 23.0 Å². The van der Waals surface area contributed by atoms with Crippen molar-refractivity contribution in [3.8, 4) is 0 Å². The normalized spacial score (nSPS) is 12.7. The number of carbonyl (C=O) groups is 1. The summed E-state index contributed by atoms with van der Waals surface area (Å²) in [6, 6.07) is 3.49. The number of furan rings is 1. The van der Waals surface area contributed by atoms with Gasteiger partial charge in [-0.25, -0.2) is 9.78 Å². The van der Waals surface area contributed by atoms with E-state index in [9.17, 15) is 4.79 Å². The van der Waals surface area contributed by atoms with Crippen molar-refractivity contribution in [2.24, 2.45) is 0 Å². The predicted octanol–water partition coefficient (Wildman–Crippen LogP) is 3.02. The summed E-state index contributed by atoms with van der Waals surface area (Å²) in [5.74, 6) is 0.508. The molecular weight excluding hydrogens is 276 g/mol. The first-order valence-corrected chi connectivity index (χ1v) is 7.18. The molecule has 2 aromatic heterocycles. The number of nitrogens with zero attached hydrogens (tertiary/aromatic N) is 2. The maximum atomic E-state index is 11.4. The van der Waals surface area contributed by atoms with E-state index < -0.39 is 5.97 Å². The molecule has 0 aliphatic rings. The molecule has 0 fully saturated rings. The molecule has 108 valence electrons. The standard InChI is InChI=1S/C14H18N2O3S/c1-9(12-5-6-13(19-12)14(17)18-4)16(3)7-11-8-20-10(2)15-11/h5-6,8-9H,7H2,1-4H3. The quantitative estimate of drug-likeness (QED) is 0.793. The largest absolute Gasteiger partial charge is 0.463 e. The highest BCUT2D eigenvalue weighted by molar-refractivity contribution is 7.09. The fourth-order valence-electron chi connectivity index (χ4n) is 1.88. The van der Waals surface area contributed by atoms with E-state index in [-0.39, 0.29) is 11.8 Å². The van der Waals surface area contributed by atoms with Crippen molar-refractivity contribution in [1.29, 1.82) is 0 Å². The van der Waals surface area contributed by atoms with Crippen LogP contribution < -0.4 is 0 Å². The van der Waals surface area contributed by atoms with Crippen molar-refractivity contribution < 1.29 is 13.9 Å². The number of rotatable bonds is 5. The van der Waals surface area contributed by atoms with E-state index in [1.54, 1.807) is 23.5 Å². The Hall–Kier alpha value is -1.66. The molecular formula is C14H18N2O3S. The van der Waals surface area contributed by atoms with Gasteiger partial charge < -0.3 is 9.15 Å². The maximum absolute atomic E-state index is 11.4. The van der Waals surface area contributed by atoms with Gasteiger partial charge >= 0.3 is 5.97 Å². The lowest BCUT2D eigenvalue weighted by molar-refractivity contribution is 0.0559. The van der Waals surface area contributed by atoms with Crippen LogP contribution in [0.4, 0.5) is 0 Å². The van der Waals surface area contributed by atoms with Crippen molar-refractivity contribution in [1.82, 2.24) is 9.88 Å². The summed E-state index contributed by atoms with van der Waals surface area (Å²) in [7, 11) is 3.34. The number of thiazole rings is 1. The molecule has 0 saturated heterocycles. The maximum Gasteiger partial charge on any atom is 0.373 e. The minimum Gasteiger partial charge on any atom is -0.463 e. The van der Waals surface area contributed by atoms with Gasteiger partial charge in [0.2, 0.25) is 5.76 Å². The predicted molar refractivity (Wildman–Crippen MR) is 76.8 cm³/mol. The lowest BCUT2D eigenvalue weighted by Gasteiger charge is -2.21. The minimum atomic E-state index is -0.457. The number of hydrogen-bond acceptors (Lipinski definition) is 6. The number of carbonyl (C=O) groups excluding carboxylic acids is 1. The van der Waals surface area contributed by atoms with Gasteiger partial charge in [-0.1, -0.05) is 0 Å². The molecule has 5 nitrogen and oxygen atoms in total. The van der Waals surface area contributed by atoms with Gasteiger partial charge in [-0.05, 0) is 33.0 Å². The summed E-state index contributed by atoms with van der Waals surface area (Å²) in [5.41, 5.74) is 1.04. The van der Waals surface area contributed by atoms with E-state index in [2.05, 4.69) is 20.0 Å². The zero-order chi connectivity index (χ0) is 14.7. The van der Waals surface area contributed by atoms with E-state index in [0.29, 0.717) is 0 Å². The first kappa shape index (κ1) is 14.7. The summed E-state index contributed by atoms with van der Waals surface area (Å²) < 4.78 is 10.2. The second-order valence-electron chi connectivity index (χ2n) is 4.64. The Morgan fingerprint density at radius 2 is 2.30 bits per heavy atom. The molecule has 0 radical (unpaired) electrons. The molecule has 0 aliphatic heterocycles. The molecule has 6 heteroatoms. The van der Waals surface area contributed by atoms with Crippen LogP contribution >= 0.6 is 11.3 Å². The summed E-state index contributed by atoms with van der Waals surface area (Å²) >= 11 is 1.64. The molecule has 0 amide bonds. The van der Waals surface area contributed by atoms with Crippen LogP contribution in [0.1, 0.15) is 40.0 Å². The molecule has 0 bridgehead atoms. The molecule has 2 aromatic rings. The third-order valence-corrected chi connectivity index (χ3v) is 3.99. The van der Waals surface area contributed by atoms with Crippen LogP contribution in [0.15, 0.2) is 21.9 Å². The van der Waals surface area contributed by atoms with Crippen molar-refractivity contribution in [2.75, 3.05) is 14.2 Å². The topological polar surface area (TPSA) is 55.6 Å². The van der Waals surface area contributed by atoms with E-state index in [1.807, 2.05) is 20.9 Å². The van der Waals surface area contributed by atoms with Gasteiger partial charge in [-0.3, -0.25) is 4.90 Å². The molecule has 0 aliphatic carbocycles. The number of hydrogen-bond donors (Lipinski definition) is 0. The fraction of sp³-hybridized carbons (Fsp3) is 0.429. The molecule has 0 N–H and O–H groups in total. The molecule has 1 atom stereocenters. The van der Waals surface area contributed by atoms with Crippen molar-refractivity contribution >= 4 is 17.3 Å². The van der Waals surface area contributed by atoms with Gasteiger partial charge in [0, 0.05) is 11.9 Å². The molecule has 0 aromatic carbocycles. The zero-order valence-corrected chi connectivity index (χ0v) is 12.9. The SMILES string of the molecule is COC(=O)c1ccc(C(C)N(C)Cc2csc(C)n2)o1. The van der Waals surface area contributed by atoms with Crippen LogP contribution in [0.2, 0.25) is 0 Å². The lowest BCUT2D eigenvalue weighted by Crippen LogP contribution is -2.21. The van der Waals surface area contributed by atoms with Gasteiger partial charge in [0.15, 0.2) is 0 Å². The first-order chi connectivity index (χ1) is 9.51. The van der Waals surface area contributed by atoms with Gasteiger partial charge in [-0.15, -0.1) is 11.3 Å². The Kier molecular flexibility index (Phi) is 4.57. The fourth-order valence-corrected chi connectivity index (χ4v) is 2.48. The Labute approximate surface area is 122 Å². The van der Waals surface area contributed by atoms with Gasteiger partial charge in [0.1, 0.15) is 5.76 Å². The summed E-state index contributed by atoms with van der Waals surface area (Å²) in [4.78, 5) is 17.9. The molecule has 2 rings (SSSR count). The van der Waals surface area contributed by atoms with Gasteiger partial charge in [-0.2, -0.15) is 0 Å². The van der Waals surface area contributed by atoms with Crippen LogP contribution in [0.5, 0.6) is 0 Å². The monoisotopic (exact) mass is 294 g/mol. The molecule has 0 saturated carbocycles. The first-order valence-electron chi connectivity index (χ1n) is 6.30. The third kappa shape index (κ3) is 3.26. The van der Waals surface area contributed by atoms with Gasteiger partial charge in [0.25, 0.3) is 0 Å². The number of aromatic nitrogens is 1. The third-order valence-electron chi connectivity index (χ3n) is 3.16. The number of aryl methyl sites for hydroxylation is 1. The van der Waals surface area contributed by atoms with E-state index in [4.69, 9.17) is 4.42 Å². The van der Waals surface area contributed by atoms with Crippen LogP contribution in [0, 0.1) is 6.92 Å². The Balaban J connectivity index is 2.04. The van der Waals surface area contributed by atoms with E-state index >= 15 is 0 Å². The van der Waals surface area contributed by atoms with Crippen molar-refractivity contribution in [3.63, 3.8) is 0 Å². The van der Waals surface area contributed by atoms with Crippen molar-refractivity contribution in [3.05, 3.63) is 39.7 Å². The minimum absolute atomic E-state index is 0.0513. The van der Waals surface area contributed by atoms with Crippen molar-refractivity contribution in [2.45, 2.75) is 26.4 Å². The molecule has 2 heterocycles. The highest BCUT2D eigenvalue weighted by Gasteiger charge is 2.19. The number of esters is 1. The highest BCUT2D eigenvalue weighted by atomic mass is 32.1. The number of ether oxygens (including phenoxy) is 1.